The number of nitrogens with one attached hydrogen (secondary N) is 4. The van der Waals surface area contributed by atoms with Crippen molar-refractivity contribution in [2.45, 2.75) is 57.2 Å². The lowest BCUT2D eigenvalue weighted by Crippen LogP contribution is -2.56. The number of benzene rings is 1. The second-order valence-electron chi connectivity index (χ2n) is 7.59. The van der Waals surface area contributed by atoms with Gasteiger partial charge in [-0.25, -0.2) is 0 Å². The highest BCUT2D eigenvalue weighted by atomic mass is 32.2. The van der Waals surface area contributed by atoms with Gasteiger partial charge in [-0.1, -0.05) is 30.3 Å². The Labute approximate surface area is 164 Å². The minimum Gasteiger partial charge on any atom is -0.352 e. The second kappa shape index (κ2) is 9.75. The predicted octanol–water partition coefficient (Wildman–Crippen LogP) is 1.10. The Balaban J connectivity index is 1.76. The molecule has 7 nitrogen and oxygen atoms in total. The van der Waals surface area contributed by atoms with E-state index in [4.69, 9.17) is 0 Å². The van der Waals surface area contributed by atoms with Gasteiger partial charge < -0.3 is 16.0 Å². The molecule has 2 rings (SSSR count). The number of thioether (sulfide) groups is 1. The Morgan fingerprint density at radius 2 is 1.89 bits per heavy atom. The van der Waals surface area contributed by atoms with Crippen LogP contribution in [0, 0.1) is 0 Å². The molecule has 1 saturated heterocycles. The van der Waals surface area contributed by atoms with E-state index < -0.39 is 0 Å². The van der Waals surface area contributed by atoms with Crippen molar-refractivity contribution < 1.29 is 14.4 Å². The minimum absolute atomic E-state index is 0.0914. The van der Waals surface area contributed by atoms with E-state index in [0.29, 0.717) is 6.54 Å². The molecule has 0 aromatic heterocycles. The Hall–Kier alpha value is -2.06. The van der Waals surface area contributed by atoms with Crippen LogP contribution in [-0.2, 0) is 20.9 Å². The first kappa shape index (κ1) is 21.2. The molecule has 1 aliphatic rings. The Kier molecular flexibility index (Phi) is 7.67. The van der Waals surface area contributed by atoms with Gasteiger partial charge in [-0.05, 0) is 26.3 Å². The van der Waals surface area contributed by atoms with Crippen molar-refractivity contribution >= 4 is 29.5 Å². The summed E-state index contributed by atoms with van der Waals surface area (Å²) in [7, 11) is 0. The molecule has 1 fully saturated rings. The van der Waals surface area contributed by atoms with E-state index >= 15 is 0 Å². The van der Waals surface area contributed by atoms with Gasteiger partial charge in [0.05, 0.1) is 5.75 Å². The van der Waals surface area contributed by atoms with Gasteiger partial charge in [0.25, 0.3) is 0 Å². The van der Waals surface area contributed by atoms with E-state index in [1.807, 2.05) is 51.1 Å². The Morgan fingerprint density at radius 1 is 1.19 bits per heavy atom. The smallest absolute Gasteiger partial charge is 0.230 e. The highest BCUT2D eigenvalue weighted by molar-refractivity contribution is 8.00. The van der Waals surface area contributed by atoms with Crippen LogP contribution in [0.4, 0.5) is 0 Å². The van der Waals surface area contributed by atoms with Gasteiger partial charge >= 0.3 is 0 Å². The third-order valence-electron chi connectivity index (χ3n) is 3.77. The summed E-state index contributed by atoms with van der Waals surface area (Å²) in [5, 5.41) is 11.8. The number of rotatable bonds is 7. The van der Waals surface area contributed by atoms with Crippen LogP contribution in [0.15, 0.2) is 30.3 Å². The fraction of sp³-hybridized carbons (Fsp3) is 0.526. The number of carbonyl (C=O) groups excluding carboxylic acids is 3. The fourth-order valence-corrected chi connectivity index (χ4v) is 3.56. The van der Waals surface area contributed by atoms with Gasteiger partial charge in [0, 0.05) is 31.0 Å². The predicted molar refractivity (Wildman–Crippen MR) is 107 cm³/mol. The first-order valence-electron chi connectivity index (χ1n) is 9.00. The SMILES string of the molecule is CC(C)(C)NC(=O)CSC1NC(=O)CC(CC(=O)NCc2ccccc2)N1. The highest BCUT2D eigenvalue weighted by Gasteiger charge is 2.28. The molecule has 2 unspecified atom stereocenters. The number of amides is 3. The summed E-state index contributed by atoms with van der Waals surface area (Å²) in [5.41, 5.74) is 0.350. The number of carbonyl (C=O) groups is 3. The van der Waals surface area contributed by atoms with Crippen LogP contribution in [0.3, 0.4) is 0 Å². The van der Waals surface area contributed by atoms with Crippen molar-refractivity contribution in [3.05, 3.63) is 35.9 Å². The molecule has 2 atom stereocenters. The minimum atomic E-state index is -0.385. The van der Waals surface area contributed by atoms with Crippen LogP contribution in [0.25, 0.3) is 0 Å². The van der Waals surface area contributed by atoms with Gasteiger partial charge in [-0.3, -0.25) is 19.7 Å². The zero-order valence-electron chi connectivity index (χ0n) is 16.0. The van der Waals surface area contributed by atoms with E-state index in [1.54, 1.807) is 0 Å². The average molecular weight is 393 g/mol. The van der Waals surface area contributed by atoms with Crippen LogP contribution in [0.1, 0.15) is 39.2 Å². The highest BCUT2D eigenvalue weighted by Crippen LogP contribution is 2.14. The van der Waals surface area contributed by atoms with Crippen molar-refractivity contribution in [3.8, 4) is 0 Å². The van der Waals surface area contributed by atoms with E-state index in [-0.39, 0.29) is 53.4 Å². The monoisotopic (exact) mass is 392 g/mol. The molecule has 1 aromatic rings. The summed E-state index contributed by atoms with van der Waals surface area (Å²) in [6.07, 6.45) is 0.454. The normalized spacial score (nSPS) is 19.9. The van der Waals surface area contributed by atoms with Crippen LogP contribution in [0.5, 0.6) is 0 Å². The first-order valence-corrected chi connectivity index (χ1v) is 10.0. The van der Waals surface area contributed by atoms with E-state index in [0.717, 1.165) is 5.56 Å². The lowest BCUT2D eigenvalue weighted by atomic mass is 10.1. The van der Waals surface area contributed by atoms with Gasteiger partial charge in [-0.2, -0.15) is 0 Å². The van der Waals surface area contributed by atoms with Crippen LogP contribution >= 0.6 is 11.8 Å². The van der Waals surface area contributed by atoms with E-state index in [9.17, 15) is 14.4 Å². The van der Waals surface area contributed by atoms with Crippen molar-refractivity contribution in [1.82, 2.24) is 21.3 Å². The van der Waals surface area contributed by atoms with Crippen LogP contribution in [0.2, 0.25) is 0 Å². The number of hydrogen-bond acceptors (Lipinski definition) is 5. The van der Waals surface area contributed by atoms with E-state index in [1.165, 1.54) is 11.8 Å². The zero-order valence-corrected chi connectivity index (χ0v) is 16.8. The summed E-state index contributed by atoms with van der Waals surface area (Å²) in [5.74, 6) is -0.0998. The number of hydrogen-bond donors (Lipinski definition) is 4. The van der Waals surface area contributed by atoms with Gasteiger partial charge in [0.1, 0.15) is 5.50 Å². The van der Waals surface area contributed by atoms with Gasteiger partial charge in [0.2, 0.25) is 17.7 Å². The van der Waals surface area contributed by atoms with Crippen molar-refractivity contribution in [3.63, 3.8) is 0 Å². The molecule has 1 aromatic carbocycles. The van der Waals surface area contributed by atoms with Crippen molar-refractivity contribution in [2.75, 3.05) is 5.75 Å². The van der Waals surface area contributed by atoms with Crippen molar-refractivity contribution in [1.29, 1.82) is 0 Å². The molecule has 148 valence electrons. The summed E-state index contributed by atoms with van der Waals surface area (Å²) in [6, 6.07) is 9.41. The third kappa shape index (κ3) is 8.45. The van der Waals surface area contributed by atoms with Gasteiger partial charge in [0.15, 0.2) is 0 Å². The van der Waals surface area contributed by atoms with E-state index in [2.05, 4.69) is 21.3 Å². The molecule has 4 N–H and O–H groups in total. The lowest BCUT2D eigenvalue weighted by Gasteiger charge is -2.31. The molecule has 1 heterocycles. The molecule has 0 radical (unpaired) electrons. The molecular weight excluding hydrogens is 364 g/mol. The molecule has 0 aliphatic carbocycles. The summed E-state index contributed by atoms with van der Waals surface area (Å²) in [6.45, 7) is 6.21. The molecule has 0 spiro atoms. The van der Waals surface area contributed by atoms with Gasteiger partial charge in [-0.15, -0.1) is 11.8 Å². The molecule has 0 saturated carbocycles. The van der Waals surface area contributed by atoms with Crippen LogP contribution in [-0.4, -0.2) is 40.6 Å². The fourth-order valence-electron chi connectivity index (χ4n) is 2.67. The molecule has 1 aliphatic heterocycles. The summed E-state index contributed by atoms with van der Waals surface area (Å²) >= 11 is 1.30. The topological polar surface area (TPSA) is 99.3 Å². The zero-order chi connectivity index (χ0) is 19.9. The standard InChI is InChI=1S/C19H28N4O3S/c1-19(2,3)23-17(26)12-27-18-21-14(10-16(25)22-18)9-15(24)20-11-13-7-5-4-6-8-13/h4-8,14,18,21H,9-12H2,1-3H3,(H,20,24)(H,22,25)(H,23,26). The second-order valence-corrected chi connectivity index (χ2v) is 8.68. The Bertz CT molecular complexity index is 661. The summed E-state index contributed by atoms with van der Waals surface area (Å²) in [4.78, 5) is 36.0. The maximum atomic E-state index is 12.2. The molecule has 27 heavy (non-hydrogen) atoms. The maximum absolute atomic E-state index is 12.2. The van der Waals surface area contributed by atoms with Crippen molar-refractivity contribution in [2.24, 2.45) is 0 Å². The molecular formula is C19H28N4O3S. The molecule has 8 heteroatoms. The average Bonchev–Trinajstić information content (AvgIpc) is 2.57. The third-order valence-corrected chi connectivity index (χ3v) is 4.79. The summed E-state index contributed by atoms with van der Waals surface area (Å²) < 4.78 is 0. The lowest BCUT2D eigenvalue weighted by molar-refractivity contribution is -0.125. The largest absolute Gasteiger partial charge is 0.352 e. The first-order chi connectivity index (χ1) is 12.7. The quantitative estimate of drug-likeness (QED) is 0.557. The van der Waals surface area contributed by atoms with Crippen LogP contribution < -0.4 is 21.3 Å². The molecule has 0 bridgehead atoms. The maximum Gasteiger partial charge on any atom is 0.230 e. The molecule has 3 amide bonds. The Morgan fingerprint density at radius 3 is 2.56 bits per heavy atom.